The summed E-state index contributed by atoms with van der Waals surface area (Å²) in [5, 5.41) is 7.34. The van der Waals surface area contributed by atoms with Crippen molar-refractivity contribution < 1.29 is 8.78 Å². The van der Waals surface area contributed by atoms with E-state index >= 15 is 0 Å². The first-order valence-corrected chi connectivity index (χ1v) is 7.14. The highest BCUT2D eigenvalue weighted by Gasteiger charge is 2.13. The van der Waals surface area contributed by atoms with Gasteiger partial charge in [0.25, 0.3) is 0 Å². The molecule has 4 N–H and O–H groups in total. The molecule has 0 saturated heterocycles. The lowest BCUT2D eigenvalue weighted by molar-refractivity contribution is 0.623. The maximum Gasteiger partial charge on any atom is 0.157 e. The molecule has 22 heavy (non-hydrogen) atoms. The number of halogens is 4. The van der Waals surface area contributed by atoms with Gasteiger partial charge in [-0.2, -0.15) is 0 Å². The van der Waals surface area contributed by atoms with Crippen molar-refractivity contribution in [3.05, 3.63) is 68.7 Å². The first-order chi connectivity index (χ1) is 10.4. The van der Waals surface area contributed by atoms with Crippen LogP contribution in [-0.2, 0) is 0 Å². The van der Waals surface area contributed by atoms with Gasteiger partial charge in [0.15, 0.2) is 11.7 Å². The summed E-state index contributed by atoms with van der Waals surface area (Å²) in [5.41, 5.74) is 11.3. The van der Waals surface area contributed by atoms with Gasteiger partial charge in [-0.3, -0.25) is 0 Å². The van der Waals surface area contributed by atoms with Crippen LogP contribution in [-0.4, -0.2) is 11.7 Å². The average Bonchev–Trinajstić information content (AvgIpc) is 2.44. The van der Waals surface area contributed by atoms with Crippen molar-refractivity contribution in [2.75, 3.05) is 0 Å². The molecule has 0 unspecified atom stereocenters. The van der Waals surface area contributed by atoms with Crippen LogP contribution >= 0.6 is 27.5 Å². The van der Waals surface area contributed by atoms with Crippen molar-refractivity contribution in [2.24, 2.45) is 21.7 Å². The third-order valence-corrected chi connectivity index (χ3v) is 3.68. The minimum atomic E-state index is -0.644. The Morgan fingerprint density at radius 1 is 0.909 bits per heavy atom. The van der Waals surface area contributed by atoms with Crippen LogP contribution in [0.3, 0.4) is 0 Å². The highest BCUT2D eigenvalue weighted by Crippen LogP contribution is 2.20. The molecule has 2 aromatic carbocycles. The molecule has 2 aromatic rings. The van der Waals surface area contributed by atoms with Crippen LogP contribution in [0.25, 0.3) is 0 Å². The van der Waals surface area contributed by atoms with Crippen molar-refractivity contribution in [1.29, 1.82) is 0 Å². The Kier molecular flexibility index (Phi) is 5.10. The Labute approximate surface area is 138 Å². The average molecular weight is 388 g/mol. The van der Waals surface area contributed by atoms with Gasteiger partial charge >= 0.3 is 0 Å². The number of rotatable bonds is 3. The van der Waals surface area contributed by atoms with Crippen molar-refractivity contribution >= 4 is 39.2 Å². The molecule has 0 radical (unpaired) electrons. The highest BCUT2D eigenvalue weighted by molar-refractivity contribution is 9.10. The summed E-state index contributed by atoms with van der Waals surface area (Å²) in [6.07, 6.45) is 0. The molecule has 0 amide bonds. The Morgan fingerprint density at radius 3 is 1.95 bits per heavy atom. The normalized spacial score (nSPS) is 12.5. The zero-order chi connectivity index (χ0) is 16.3. The fraction of sp³-hybridized carbons (Fsp3) is 0. The van der Waals surface area contributed by atoms with Crippen LogP contribution < -0.4 is 11.5 Å². The standard InChI is InChI=1S/C14H10BrClF2N4/c15-7-3-1-5-9(17)11(7)13(19)21-22-14(20)12-8(16)4-2-6-10(12)18/h1-6H,(H2,19,21)(H2,20,22). The summed E-state index contributed by atoms with van der Waals surface area (Å²) >= 11 is 9.02. The SMILES string of the molecule is N/C(=N\N=C(/N)c1c(F)cccc1Br)c1c(F)cccc1Cl. The Hall–Kier alpha value is -1.99. The summed E-state index contributed by atoms with van der Waals surface area (Å²) in [6.45, 7) is 0. The number of hydrogen-bond acceptors (Lipinski definition) is 2. The van der Waals surface area contributed by atoms with Gasteiger partial charge < -0.3 is 11.5 Å². The molecule has 0 saturated carbocycles. The first kappa shape index (κ1) is 16.4. The summed E-state index contributed by atoms with van der Waals surface area (Å²) in [5.74, 6) is -1.69. The first-order valence-electron chi connectivity index (χ1n) is 5.97. The van der Waals surface area contributed by atoms with Gasteiger partial charge in [-0.1, -0.05) is 23.7 Å². The van der Waals surface area contributed by atoms with Crippen LogP contribution in [0.1, 0.15) is 11.1 Å². The lowest BCUT2D eigenvalue weighted by Crippen LogP contribution is -2.18. The molecule has 0 heterocycles. The maximum absolute atomic E-state index is 13.7. The molecular weight excluding hydrogens is 378 g/mol. The fourth-order valence-corrected chi connectivity index (χ4v) is 2.50. The molecule has 114 valence electrons. The monoisotopic (exact) mass is 386 g/mol. The van der Waals surface area contributed by atoms with Gasteiger partial charge in [0, 0.05) is 4.47 Å². The van der Waals surface area contributed by atoms with Crippen molar-refractivity contribution in [3.8, 4) is 0 Å². The van der Waals surface area contributed by atoms with Gasteiger partial charge in [-0.05, 0) is 40.2 Å². The van der Waals surface area contributed by atoms with Crippen molar-refractivity contribution in [3.63, 3.8) is 0 Å². The van der Waals surface area contributed by atoms with Crippen LogP contribution in [0.4, 0.5) is 8.78 Å². The molecule has 0 aliphatic heterocycles. The van der Waals surface area contributed by atoms with Crippen molar-refractivity contribution in [2.45, 2.75) is 0 Å². The van der Waals surface area contributed by atoms with Crippen LogP contribution in [0, 0.1) is 11.6 Å². The van der Waals surface area contributed by atoms with E-state index in [1.165, 1.54) is 30.3 Å². The van der Waals surface area contributed by atoms with Gasteiger partial charge in [0.2, 0.25) is 0 Å². The molecule has 0 spiro atoms. The van der Waals surface area contributed by atoms with E-state index in [-0.39, 0.29) is 27.8 Å². The van der Waals surface area contributed by atoms with E-state index in [0.29, 0.717) is 4.47 Å². The second kappa shape index (κ2) is 6.85. The molecule has 0 atom stereocenters. The minimum Gasteiger partial charge on any atom is -0.382 e. The second-order valence-electron chi connectivity index (χ2n) is 4.16. The summed E-state index contributed by atoms with van der Waals surface area (Å²) in [7, 11) is 0. The zero-order valence-corrected chi connectivity index (χ0v) is 13.4. The topological polar surface area (TPSA) is 76.8 Å². The molecule has 0 aliphatic rings. The van der Waals surface area contributed by atoms with E-state index < -0.39 is 11.6 Å². The van der Waals surface area contributed by atoms with E-state index in [0.717, 1.165) is 0 Å². The van der Waals surface area contributed by atoms with E-state index in [4.69, 9.17) is 23.1 Å². The highest BCUT2D eigenvalue weighted by atomic mass is 79.9. The lowest BCUT2D eigenvalue weighted by atomic mass is 10.2. The molecular formula is C14H10BrClF2N4. The maximum atomic E-state index is 13.7. The Morgan fingerprint density at radius 2 is 1.41 bits per heavy atom. The lowest BCUT2D eigenvalue weighted by Gasteiger charge is -2.05. The number of benzene rings is 2. The molecule has 0 bridgehead atoms. The Bertz CT molecular complexity index is 671. The van der Waals surface area contributed by atoms with Crippen LogP contribution in [0.15, 0.2) is 51.1 Å². The number of nitrogens with zero attached hydrogens (tertiary/aromatic N) is 2. The van der Waals surface area contributed by atoms with Gasteiger partial charge in [-0.25, -0.2) is 8.78 Å². The fourth-order valence-electron chi connectivity index (χ4n) is 1.69. The van der Waals surface area contributed by atoms with Crippen molar-refractivity contribution in [1.82, 2.24) is 0 Å². The predicted molar refractivity (Wildman–Crippen MR) is 87.0 cm³/mol. The largest absolute Gasteiger partial charge is 0.382 e. The zero-order valence-electron chi connectivity index (χ0n) is 11.0. The molecule has 2 rings (SSSR count). The van der Waals surface area contributed by atoms with E-state index in [2.05, 4.69) is 26.1 Å². The van der Waals surface area contributed by atoms with Gasteiger partial charge in [-0.15, -0.1) is 10.2 Å². The molecule has 0 fully saturated rings. The molecule has 8 heteroatoms. The minimum absolute atomic E-state index is 0.0404. The molecule has 0 aliphatic carbocycles. The third-order valence-electron chi connectivity index (χ3n) is 2.70. The molecule has 4 nitrogen and oxygen atoms in total. The molecule has 0 aromatic heterocycles. The Balaban J connectivity index is 2.41. The number of hydrogen-bond donors (Lipinski definition) is 2. The number of amidine groups is 2. The number of nitrogens with two attached hydrogens (primary N) is 2. The van der Waals surface area contributed by atoms with Crippen LogP contribution in [0.5, 0.6) is 0 Å². The summed E-state index contributed by atoms with van der Waals surface area (Å²) < 4.78 is 27.8. The van der Waals surface area contributed by atoms with Gasteiger partial charge in [0.1, 0.15) is 11.6 Å². The van der Waals surface area contributed by atoms with E-state index in [1.54, 1.807) is 6.07 Å². The second-order valence-corrected chi connectivity index (χ2v) is 5.43. The summed E-state index contributed by atoms with van der Waals surface area (Å²) in [6, 6.07) is 8.41. The predicted octanol–water partition coefficient (Wildman–Crippen LogP) is 3.41. The van der Waals surface area contributed by atoms with Gasteiger partial charge in [0.05, 0.1) is 16.1 Å². The third kappa shape index (κ3) is 3.42. The smallest absolute Gasteiger partial charge is 0.157 e. The quantitative estimate of drug-likeness (QED) is 0.481. The summed E-state index contributed by atoms with van der Waals surface area (Å²) in [4.78, 5) is 0. The van der Waals surface area contributed by atoms with E-state index in [1.807, 2.05) is 0 Å². The van der Waals surface area contributed by atoms with Crippen LogP contribution in [0.2, 0.25) is 5.02 Å². The van der Waals surface area contributed by atoms with E-state index in [9.17, 15) is 8.78 Å².